The number of carbonyl (C=O) groups excluding carboxylic acids is 2. The summed E-state index contributed by atoms with van der Waals surface area (Å²) in [7, 11) is 0. The van der Waals surface area contributed by atoms with Gasteiger partial charge in [-0.3, -0.25) is 4.79 Å². The van der Waals surface area contributed by atoms with Crippen LogP contribution in [0.2, 0.25) is 0 Å². The van der Waals surface area contributed by atoms with Crippen molar-refractivity contribution < 1.29 is 9.59 Å². The Kier molecular flexibility index (Phi) is 5.49. The van der Waals surface area contributed by atoms with Crippen molar-refractivity contribution in [1.82, 2.24) is 10.2 Å². The number of piperidine rings is 1. The largest absolute Gasteiger partial charge is 0.369 e. The number of likely N-dealkylation sites (tertiary alicyclic amines) is 1. The van der Waals surface area contributed by atoms with E-state index in [4.69, 9.17) is 5.73 Å². The Hall–Kier alpha value is -2.82. The SMILES string of the molecule is C[C@@H](NC(=O)N1CCC(C)(C(N)=O)CC1)c1ccc(-c2ccccc2)cc1. The molecule has 2 aromatic carbocycles. The van der Waals surface area contributed by atoms with Crippen molar-refractivity contribution in [3.63, 3.8) is 0 Å². The lowest BCUT2D eigenvalue weighted by Crippen LogP contribution is -2.50. The second kappa shape index (κ2) is 7.82. The minimum absolute atomic E-state index is 0.0910. The molecule has 0 aromatic heterocycles. The summed E-state index contributed by atoms with van der Waals surface area (Å²) in [5.74, 6) is -0.283. The number of carbonyl (C=O) groups is 2. The third kappa shape index (κ3) is 4.30. The van der Waals surface area contributed by atoms with Crippen LogP contribution in [-0.4, -0.2) is 29.9 Å². The fraction of sp³-hybridized carbons (Fsp3) is 0.364. The number of hydrogen-bond donors (Lipinski definition) is 2. The Labute approximate surface area is 160 Å². The van der Waals surface area contributed by atoms with Gasteiger partial charge in [0.15, 0.2) is 0 Å². The lowest BCUT2D eigenvalue weighted by molar-refractivity contribution is -0.128. The molecule has 1 aliphatic rings. The Bertz CT molecular complexity index is 794. The second-order valence-corrected chi connectivity index (χ2v) is 7.57. The van der Waals surface area contributed by atoms with Crippen LogP contribution < -0.4 is 11.1 Å². The van der Waals surface area contributed by atoms with Crippen LogP contribution in [0.15, 0.2) is 54.6 Å². The van der Waals surface area contributed by atoms with Gasteiger partial charge in [-0.15, -0.1) is 0 Å². The zero-order valence-corrected chi connectivity index (χ0v) is 15.9. The van der Waals surface area contributed by atoms with E-state index in [2.05, 4.69) is 29.6 Å². The topological polar surface area (TPSA) is 75.4 Å². The number of nitrogens with one attached hydrogen (secondary N) is 1. The molecule has 5 nitrogen and oxygen atoms in total. The molecule has 1 aliphatic heterocycles. The summed E-state index contributed by atoms with van der Waals surface area (Å²) in [5, 5.41) is 3.05. The van der Waals surface area contributed by atoms with Crippen molar-refractivity contribution in [1.29, 1.82) is 0 Å². The molecule has 27 heavy (non-hydrogen) atoms. The molecule has 1 heterocycles. The molecule has 0 radical (unpaired) electrons. The van der Waals surface area contributed by atoms with E-state index in [0.717, 1.165) is 11.1 Å². The third-order valence-corrected chi connectivity index (χ3v) is 5.61. The maximum Gasteiger partial charge on any atom is 0.317 e. The Balaban J connectivity index is 1.58. The van der Waals surface area contributed by atoms with Gasteiger partial charge in [0, 0.05) is 18.5 Å². The zero-order chi connectivity index (χ0) is 19.4. The maximum absolute atomic E-state index is 12.5. The minimum Gasteiger partial charge on any atom is -0.369 e. The van der Waals surface area contributed by atoms with Gasteiger partial charge in [0.05, 0.1) is 6.04 Å². The van der Waals surface area contributed by atoms with Gasteiger partial charge in [0.25, 0.3) is 0 Å². The molecule has 0 spiro atoms. The number of rotatable bonds is 4. The van der Waals surface area contributed by atoms with Crippen LogP contribution in [-0.2, 0) is 4.79 Å². The van der Waals surface area contributed by atoms with E-state index in [9.17, 15) is 9.59 Å². The van der Waals surface area contributed by atoms with Gasteiger partial charge in [0.1, 0.15) is 0 Å². The number of urea groups is 1. The molecule has 142 valence electrons. The summed E-state index contributed by atoms with van der Waals surface area (Å²) in [4.78, 5) is 25.9. The monoisotopic (exact) mass is 365 g/mol. The fourth-order valence-corrected chi connectivity index (χ4v) is 3.40. The molecule has 0 bridgehead atoms. The Morgan fingerprint density at radius 3 is 2.11 bits per heavy atom. The van der Waals surface area contributed by atoms with Gasteiger partial charge in [-0.25, -0.2) is 4.79 Å². The molecule has 1 atom stereocenters. The molecule has 0 aliphatic carbocycles. The lowest BCUT2D eigenvalue weighted by Gasteiger charge is -2.37. The molecule has 3 rings (SSSR count). The summed E-state index contributed by atoms with van der Waals surface area (Å²) in [6.07, 6.45) is 1.21. The highest BCUT2D eigenvalue weighted by Crippen LogP contribution is 2.30. The molecule has 2 aromatic rings. The average Bonchev–Trinajstić information content (AvgIpc) is 2.69. The van der Waals surface area contributed by atoms with Gasteiger partial charge in [0.2, 0.25) is 5.91 Å². The summed E-state index contributed by atoms with van der Waals surface area (Å²) in [6, 6.07) is 18.3. The van der Waals surface area contributed by atoms with Crippen molar-refractivity contribution in [3.05, 3.63) is 60.2 Å². The van der Waals surface area contributed by atoms with Gasteiger partial charge >= 0.3 is 6.03 Å². The van der Waals surface area contributed by atoms with E-state index >= 15 is 0 Å². The van der Waals surface area contributed by atoms with Crippen LogP contribution in [0.5, 0.6) is 0 Å². The quantitative estimate of drug-likeness (QED) is 0.866. The predicted molar refractivity (Wildman–Crippen MR) is 107 cm³/mol. The lowest BCUT2D eigenvalue weighted by atomic mass is 9.80. The smallest absolute Gasteiger partial charge is 0.317 e. The third-order valence-electron chi connectivity index (χ3n) is 5.61. The fourth-order valence-electron chi connectivity index (χ4n) is 3.40. The number of amides is 3. The van der Waals surface area contributed by atoms with Crippen molar-refractivity contribution in [2.45, 2.75) is 32.7 Å². The zero-order valence-electron chi connectivity index (χ0n) is 15.9. The number of hydrogen-bond acceptors (Lipinski definition) is 2. The van der Waals surface area contributed by atoms with Crippen molar-refractivity contribution >= 4 is 11.9 Å². The molecular formula is C22H27N3O2. The Morgan fingerprint density at radius 2 is 1.56 bits per heavy atom. The second-order valence-electron chi connectivity index (χ2n) is 7.57. The highest BCUT2D eigenvalue weighted by Gasteiger charge is 2.36. The normalized spacial score (nSPS) is 17.2. The first-order chi connectivity index (χ1) is 12.9. The van der Waals surface area contributed by atoms with Crippen LogP contribution >= 0.6 is 0 Å². The standard InChI is InChI=1S/C22H27N3O2/c1-16(17-8-10-19(11-9-17)18-6-4-3-5-7-18)24-21(27)25-14-12-22(2,13-15-25)20(23)26/h3-11,16H,12-15H2,1-2H3,(H2,23,26)(H,24,27)/t16-/m1/s1. The number of nitrogens with two attached hydrogens (primary N) is 1. The van der Waals surface area contributed by atoms with Crippen LogP contribution in [0.25, 0.3) is 11.1 Å². The molecule has 0 unspecified atom stereocenters. The minimum atomic E-state index is -0.504. The molecular weight excluding hydrogens is 338 g/mol. The van der Waals surface area contributed by atoms with E-state index in [-0.39, 0.29) is 18.0 Å². The number of primary amides is 1. The summed E-state index contributed by atoms with van der Waals surface area (Å²) in [6.45, 7) is 4.95. The van der Waals surface area contributed by atoms with Gasteiger partial charge in [-0.05, 0) is 36.5 Å². The van der Waals surface area contributed by atoms with Crippen molar-refractivity contribution in [2.75, 3.05) is 13.1 Å². The van der Waals surface area contributed by atoms with Crippen LogP contribution in [0, 0.1) is 5.41 Å². The molecule has 1 saturated heterocycles. The van der Waals surface area contributed by atoms with Crippen LogP contribution in [0.1, 0.15) is 38.3 Å². The maximum atomic E-state index is 12.5. The van der Waals surface area contributed by atoms with Crippen LogP contribution in [0.3, 0.4) is 0 Å². The van der Waals surface area contributed by atoms with Gasteiger partial charge in [-0.1, -0.05) is 61.5 Å². The van der Waals surface area contributed by atoms with Crippen molar-refractivity contribution in [3.8, 4) is 11.1 Å². The molecule has 3 amide bonds. The van der Waals surface area contributed by atoms with Gasteiger partial charge in [-0.2, -0.15) is 0 Å². The van der Waals surface area contributed by atoms with E-state index in [0.29, 0.717) is 25.9 Å². The average molecular weight is 365 g/mol. The summed E-state index contributed by atoms with van der Waals surface area (Å²) >= 11 is 0. The Morgan fingerprint density at radius 1 is 1.00 bits per heavy atom. The van der Waals surface area contributed by atoms with E-state index in [1.54, 1.807) is 4.90 Å². The molecule has 5 heteroatoms. The van der Waals surface area contributed by atoms with Crippen molar-refractivity contribution in [2.24, 2.45) is 11.1 Å². The highest BCUT2D eigenvalue weighted by molar-refractivity contribution is 5.81. The van der Waals surface area contributed by atoms with E-state index < -0.39 is 5.41 Å². The molecule has 0 saturated carbocycles. The predicted octanol–water partition coefficient (Wildman–Crippen LogP) is 3.71. The number of nitrogens with zero attached hydrogens (tertiary/aromatic N) is 1. The first-order valence-corrected chi connectivity index (χ1v) is 9.40. The molecule has 3 N–H and O–H groups in total. The summed E-state index contributed by atoms with van der Waals surface area (Å²) in [5.41, 5.74) is 8.35. The first kappa shape index (κ1) is 19.0. The van der Waals surface area contributed by atoms with Crippen LogP contribution in [0.4, 0.5) is 4.79 Å². The highest BCUT2D eigenvalue weighted by atomic mass is 16.2. The van der Waals surface area contributed by atoms with E-state index in [1.165, 1.54) is 5.56 Å². The summed E-state index contributed by atoms with van der Waals surface area (Å²) < 4.78 is 0. The van der Waals surface area contributed by atoms with E-state index in [1.807, 2.05) is 44.2 Å². The first-order valence-electron chi connectivity index (χ1n) is 9.40. The number of benzene rings is 2. The van der Waals surface area contributed by atoms with Gasteiger partial charge < -0.3 is 16.0 Å². The molecule has 1 fully saturated rings.